The van der Waals surface area contributed by atoms with Crippen LogP contribution in [0.5, 0.6) is 0 Å². The summed E-state index contributed by atoms with van der Waals surface area (Å²) >= 11 is 0. The van der Waals surface area contributed by atoms with Crippen molar-refractivity contribution in [2.45, 2.75) is 25.4 Å². The minimum Gasteiger partial charge on any atom is -0.463 e. The topological polar surface area (TPSA) is 75.8 Å². The van der Waals surface area contributed by atoms with Crippen molar-refractivity contribution in [3.05, 3.63) is 64.5 Å². The highest BCUT2D eigenvalue weighted by atomic mass is 19.3. The fraction of sp³-hybridized carbons (Fsp3) is 0.222. The van der Waals surface area contributed by atoms with Crippen LogP contribution in [0.1, 0.15) is 29.8 Å². The first-order chi connectivity index (χ1) is 12.4. The van der Waals surface area contributed by atoms with Crippen LogP contribution < -0.4 is 4.90 Å². The molecule has 1 amide bonds. The molecule has 0 saturated heterocycles. The number of alkyl halides is 2. The van der Waals surface area contributed by atoms with E-state index in [2.05, 4.69) is 10.2 Å². The number of amides is 1. The predicted octanol–water partition coefficient (Wildman–Crippen LogP) is 4.29. The molecule has 1 aliphatic rings. The number of nitroso groups, excluding NO2 is 1. The zero-order chi connectivity index (χ0) is 18.5. The lowest BCUT2D eigenvalue weighted by Crippen LogP contribution is -2.34. The van der Waals surface area contributed by atoms with Gasteiger partial charge in [-0.3, -0.25) is 9.78 Å². The summed E-state index contributed by atoms with van der Waals surface area (Å²) in [5, 5.41) is 3.59. The molecule has 0 bridgehead atoms. The summed E-state index contributed by atoms with van der Waals surface area (Å²) in [6.45, 7) is 1.30. The molecule has 4 rings (SSSR count). The summed E-state index contributed by atoms with van der Waals surface area (Å²) in [5.74, 6) is -5.06. The molecule has 0 spiro atoms. The van der Waals surface area contributed by atoms with Crippen LogP contribution in [0.2, 0.25) is 0 Å². The van der Waals surface area contributed by atoms with E-state index in [9.17, 15) is 18.5 Å². The van der Waals surface area contributed by atoms with Crippen molar-refractivity contribution in [2.24, 2.45) is 5.18 Å². The van der Waals surface area contributed by atoms with Crippen molar-refractivity contribution in [3.8, 4) is 0 Å². The van der Waals surface area contributed by atoms with Crippen molar-refractivity contribution in [2.75, 3.05) is 4.90 Å². The number of rotatable bonds is 4. The number of hydrogen-bond donors (Lipinski definition) is 0. The highest BCUT2D eigenvalue weighted by molar-refractivity contribution is 6.06. The summed E-state index contributed by atoms with van der Waals surface area (Å²) in [4.78, 5) is 28.4. The highest BCUT2D eigenvalue weighted by Crippen LogP contribution is 2.48. The molecular weight excluding hydrogens is 344 g/mol. The van der Waals surface area contributed by atoms with Crippen LogP contribution in [0.3, 0.4) is 0 Å². The Morgan fingerprint density at radius 1 is 1.35 bits per heavy atom. The summed E-state index contributed by atoms with van der Waals surface area (Å²) in [6, 6.07) is 6.79. The van der Waals surface area contributed by atoms with Crippen LogP contribution in [0.15, 0.2) is 52.4 Å². The quantitative estimate of drug-likeness (QED) is 0.653. The van der Waals surface area contributed by atoms with Crippen molar-refractivity contribution >= 4 is 22.6 Å². The molecule has 0 radical (unpaired) electrons. The number of anilines is 1. The Morgan fingerprint density at radius 3 is 2.92 bits per heavy atom. The number of hydrogen-bond acceptors (Lipinski definition) is 5. The number of fused-ring (bicyclic) bond motifs is 2. The maximum absolute atomic E-state index is 14.7. The van der Waals surface area contributed by atoms with Gasteiger partial charge in [0.2, 0.25) is 0 Å². The largest absolute Gasteiger partial charge is 0.463 e. The van der Waals surface area contributed by atoms with Gasteiger partial charge >= 0.3 is 11.8 Å². The minimum atomic E-state index is -3.72. The molecular formula is C18H13F2N3O3. The van der Waals surface area contributed by atoms with E-state index in [1.165, 1.54) is 37.6 Å². The lowest BCUT2D eigenvalue weighted by Gasteiger charge is -2.17. The van der Waals surface area contributed by atoms with Crippen LogP contribution in [0.4, 0.5) is 14.5 Å². The Balaban J connectivity index is 1.79. The molecule has 3 heterocycles. The van der Waals surface area contributed by atoms with Crippen LogP contribution in [-0.4, -0.2) is 10.9 Å². The Labute approximate surface area is 146 Å². The first-order valence-corrected chi connectivity index (χ1v) is 7.91. The monoisotopic (exact) mass is 357 g/mol. The van der Waals surface area contributed by atoms with E-state index in [0.29, 0.717) is 11.3 Å². The second-order valence-corrected chi connectivity index (χ2v) is 6.12. The molecule has 3 aromatic rings. The Hall–Kier alpha value is -3.16. The van der Waals surface area contributed by atoms with Gasteiger partial charge in [-0.05, 0) is 30.7 Å². The zero-order valence-electron chi connectivity index (χ0n) is 13.6. The molecule has 8 heteroatoms. The number of benzene rings is 1. The molecule has 26 heavy (non-hydrogen) atoms. The minimum absolute atomic E-state index is 0.0524. The molecule has 0 saturated carbocycles. The van der Waals surface area contributed by atoms with E-state index in [1.54, 1.807) is 12.1 Å². The van der Waals surface area contributed by atoms with Gasteiger partial charge in [-0.1, -0.05) is 17.3 Å². The summed E-state index contributed by atoms with van der Waals surface area (Å²) in [6.07, 6.45) is 2.99. The molecule has 1 aliphatic heterocycles. The van der Waals surface area contributed by atoms with Crippen LogP contribution in [0.25, 0.3) is 11.0 Å². The predicted molar refractivity (Wildman–Crippen MR) is 89.7 cm³/mol. The molecule has 1 atom stereocenters. The van der Waals surface area contributed by atoms with Crippen LogP contribution >= 0.6 is 0 Å². The van der Waals surface area contributed by atoms with Gasteiger partial charge in [0.05, 0.1) is 35.9 Å². The smallest absolute Gasteiger partial charge is 0.352 e. The Bertz CT molecular complexity index is 1030. The van der Waals surface area contributed by atoms with Crippen molar-refractivity contribution in [1.82, 2.24) is 4.98 Å². The molecule has 0 fully saturated rings. The van der Waals surface area contributed by atoms with Gasteiger partial charge in [-0.2, -0.15) is 13.7 Å². The molecule has 1 aromatic carbocycles. The fourth-order valence-corrected chi connectivity index (χ4v) is 3.23. The number of nitrogens with zero attached hydrogens (tertiary/aromatic N) is 3. The van der Waals surface area contributed by atoms with Gasteiger partial charge in [0.15, 0.2) is 5.58 Å². The number of pyridine rings is 1. The number of carbonyl (C=O) groups is 1. The first-order valence-electron chi connectivity index (χ1n) is 7.91. The van der Waals surface area contributed by atoms with E-state index < -0.39 is 23.4 Å². The molecule has 0 unspecified atom stereocenters. The number of furan rings is 1. The third-order valence-corrected chi connectivity index (χ3v) is 4.52. The van der Waals surface area contributed by atoms with E-state index in [0.717, 1.165) is 10.3 Å². The molecule has 6 nitrogen and oxygen atoms in total. The second-order valence-electron chi connectivity index (χ2n) is 6.12. The average Bonchev–Trinajstić information content (AvgIpc) is 3.18. The van der Waals surface area contributed by atoms with E-state index >= 15 is 0 Å². The molecule has 0 N–H and O–H groups in total. The zero-order valence-corrected chi connectivity index (χ0v) is 13.6. The average molecular weight is 357 g/mol. The third-order valence-electron chi connectivity index (χ3n) is 4.52. The van der Waals surface area contributed by atoms with E-state index in [4.69, 9.17) is 4.42 Å². The van der Waals surface area contributed by atoms with Gasteiger partial charge < -0.3 is 9.32 Å². The summed E-state index contributed by atoms with van der Waals surface area (Å²) in [7, 11) is 0. The number of aromatic nitrogens is 1. The van der Waals surface area contributed by atoms with E-state index in [1.807, 2.05) is 0 Å². The lowest BCUT2D eigenvalue weighted by molar-refractivity contribution is -0.141. The fourth-order valence-electron chi connectivity index (χ4n) is 3.23. The number of halogens is 2. The highest BCUT2D eigenvalue weighted by Gasteiger charge is 2.54. The van der Waals surface area contributed by atoms with Gasteiger partial charge in [-0.25, -0.2) is 0 Å². The van der Waals surface area contributed by atoms with Crippen LogP contribution in [0, 0.1) is 4.91 Å². The lowest BCUT2D eigenvalue weighted by atomic mass is 9.97. The van der Waals surface area contributed by atoms with Crippen LogP contribution in [-0.2, 0) is 17.3 Å². The first kappa shape index (κ1) is 16.3. The SMILES string of the molecule is C[C@H](N=O)c1cccc2c1C(F)(F)C(=O)N2Cc1cc2ccoc2cn1. The van der Waals surface area contributed by atoms with Gasteiger partial charge in [0.25, 0.3) is 0 Å². The van der Waals surface area contributed by atoms with Crippen molar-refractivity contribution in [1.29, 1.82) is 0 Å². The van der Waals surface area contributed by atoms with Gasteiger partial charge in [0.1, 0.15) is 6.04 Å². The molecule has 0 aliphatic carbocycles. The normalized spacial score (nSPS) is 16.7. The van der Waals surface area contributed by atoms with Crippen molar-refractivity contribution < 1.29 is 18.0 Å². The summed E-state index contributed by atoms with van der Waals surface area (Å²) in [5.41, 5.74) is 0.684. The Kier molecular flexibility index (Phi) is 3.57. The van der Waals surface area contributed by atoms with Crippen molar-refractivity contribution in [3.63, 3.8) is 0 Å². The van der Waals surface area contributed by atoms with Gasteiger partial charge in [0, 0.05) is 5.39 Å². The summed E-state index contributed by atoms with van der Waals surface area (Å²) < 4.78 is 34.6. The maximum atomic E-state index is 14.7. The van der Waals surface area contributed by atoms with E-state index in [-0.39, 0.29) is 17.8 Å². The molecule has 132 valence electrons. The standard InChI is InChI=1S/C18H13F2N3O3/c1-10(22-25)13-3-2-4-14-16(13)18(19,20)17(24)23(14)9-12-7-11-5-6-26-15(11)8-21-12/h2-8,10H,9H2,1H3/t10-/m0/s1. The third kappa shape index (κ3) is 2.29. The molecule has 2 aromatic heterocycles. The maximum Gasteiger partial charge on any atom is 0.352 e. The van der Waals surface area contributed by atoms with Gasteiger partial charge in [-0.15, -0.1) is 0 Å². The Morgan fingerprint density at radius 2 is 2.15 bits per heavy atom. The second kappa shape index (κ2) is 5.69. The number of carbonyl (C=O) groups excluding carboxylic acids is 1.